The second-order valence-electron chi connectivity index (χ2n) is 6.44. The molecule has 8 heteroatoms. The molecular formula is C21H21N3O4S. The van der Waals surface area contributed by atoms with Gasteiger partial charge >= 0.3 is 0 Å². The molecule has 1 heterocycles. The summed E-state index contributed by atoms with van der Waals surface area (Å²) < 4.78 is 5.72. The van der Waals surface area contributed by atoms with E-state index < -0.39 is 24.3 Å². The Balaban J connectivity index is 1.58. The van der Waals surface area contributed by atoms with Crippen LogP contribution in [-0.4, -0.2) is 40.9 Å². The van der Waals surface area contributed by atoms with E-state index in [-0.39, 0.29) is 5.11 Å². The highest BCUT2D eigenvalue weighted by atomic mass is 32.1. The van der Waals surface area contributed by atoms with Crippen LogP contribution in [0.15, 0.2) is 48.5 Å². The van der Waals surface area contributed by atoms with E-state index in [1.165, 1.54) is 0 Å². The van der Waals surface area contributed by atoms with Gasteiger partial charge in [0.15, 0.2) is 5.11 Å². The number of hydrogen-bond acceptors (Lipinski definition) is 5. The van der Waals surface area contributed by atoms with Gasteiger partial charge in [0.2, 0.25) is 5.91 Å². The summed E-state index contributed by atoms with van der Waals surface area (Å²) >= 11 is 5.19. The second-order valence-corrected chi connectivity index (χ2v) is 6.85. The van der Waals surface area contributed by atoms with Crippen molar-refractivity contribution in [2.24, 2.45) is 0 Å². The lowest BCUT2D eigenvalue weighted by Gasteiger charge is -2.16. The van der Waals surface area contributed by atoms with Crippen LogP contribution in [0.3, 0.4) is 0 Å². The number of nitrogens with zero attached hydrogens (tertiary/aromatic N) is 1. The van der Waals surface area contributed by atoms with E-state index in [4.69, 9.17) is 17.0 Å². The minimum Gasteiger partial charge on any atom is -0.491 e. The van der Waals surface area contributed by atoms with Gasteiger partial charge in [-0.2, -0.15) is 0 Å². The van der Waals surface area contributed by atoms with Crippen LogP contribution < -0.4 is 15.4 Å². The lowest BCUT2D eigenvalue weighted by Crippen LogP contribution is -2.43. The first kappa shape index (κ1) is 20.5. The summed E-state index contributed by atoms with van der Waals surface area (Å²) in [6.45, 7) is 2.24. The molecule has 150 valence electrons. The van der Waals surface area contributed by atoms with Gasteiger partial charge in [0.1, 0.15) is 12.3 Å². The molecule has 3 amide bonds. The lowest BCUT2D eigenvalue weighted by atomic mass is 10.1. The zero-order valence-electron chi connectivity index (χ0n) is 15.9. The van der Waals surface area contributed by atoms with E-state index in [1.54, 1.807) is 36.4 Å². The SMILES string of the molecule is CCCCOc1ccccc1NC(=S)NC(=O)CN1C(=O)c2ccccc2C1=O. The van der Waals surface area contributed by atoms with E-state index in [0.717, 1.165) is 17.7 Å². The lowest BCUT2D eigenvalue weighted by molar-refractivity contribution is -0.120. The van der Waals surface area contributed by atoms with Crippen LogP contribution in [0.1, 0.15) is 40.5 Å². The maximum atomic E-state index is 12.3. The summed E-state index contributed by atoms with van der Waals surface area (Å²) in [6, 6.07) is 13.7. The Morgan fingerprint density at radius 1 is 1.03 bits per heavy atom. The zero-order chi connectivity index (χ0) is 20.8. The molecule has 0 aromatic heterocycles. The number of thiocarbonyl (C=S) groups is 1. The quantitative estimate of drug-likeness (QED) is 0.414. The molecule has 2 aromatic carbocycles. The molecule has 2 aromatic rings. The molecular weight excluding hydrogens is 390 g/mol. The molecule has 3 rings (SSSR count). The number of carbonyl (C=O) groups excluding carboxylic acids is 3. The first-order valence-electron chi connectivity index (χ1n) is 9.29. The molecule has 0 bridgehead atoms. The molecule has 0 fully saturated rings. The van der Waals surface area contributed by atoms with Gasteiger partial charge in [-0.3, -0.25) is 19.3 Å². The minimum atomic E-state index is -0.568. The van der Waals surface area contributed by atoms with E-state index in [0.29, 0.717) is 29.2 Å². The zero-order valence-corrected chi connectivity index (χ0v) is 16.8. The third kappa shape index (κ3) is 4.78. The van der Waals surface area contributed by atoms with E-state index in [1.807, 2.05) is 12.1 Å². The molecule has 7 nitrogen and oxygen atoms in total. The number of anilines is 1. The van der Waals surface area contributed by atoms with Crippen molar-refractivity contribution in [3.63, 3.8) is 0 Å². The standard InChI is InChI=1S/C21H21N3O4S/c1-2-3-12-28-17-11-7-6-10-16(17)22-21(29)23-18(25)13-24-19(26)14-8-4-5-9-15(14)20(24)27/h4-11H,2-3,12-13H2,1H3,(H2,22,23,25,29). The van der Waals surface area contributed by atoms with E-state index in [9.17, 15) is 14.4 Å². The van der Waals surface area contributed by atoms with Crippen molar-refractivity contribution in [3.8, 4) is 5.75 Å². The number of carbonyl (C=O) groups is 3. The van der Waals surface area contributed by atoms with Gasteiger partial charge in [0.05, 0.1) is 23.4 Å². The van der Waals surface area contributed by atoms with Crippen LogP contribution in [-0.2, 0) is 4.79 Å². The number of fused-ring (bicyclic) bond motifs is 1. The Hall–Kier alpha value is -3.26. The molecule has 29 heavy (non-hydrogen) atoms. The van der Waals surface area contributed by atoms with Crippen molar-refractivity contribution in [1.29, 1.82) is 0 Å². The number of unbranched alkanes of at least 4 members (excludes halogenated alkanes) is 1. The molecule has 0 aliphatic carbocycles. The Morgan fingerprint density at radius 3 is 2.31 bits per heavy atom. The van der Waals surface area contributed by atoms with Crippen molar-refractivity contribution >= 4 is 40.7 Å². The molecule has 1 aliphatic rings. The van der Waals surface area contributed by atoms with Gasteiger partial charge in [0.25, 0.3) is 11.8 Å². The molecule has 0 spiro atoms. The summed E-state index contributed by atoms with van der Waals surface area (Å²) in [5, 5.41) is 5.47. The van der Waals surface area contributed by atoms with Crippen LogP contribution >= 0.6 is 12.2 Å². The molecule has 0 radical (unpaired) electrons. The average molecular weight is 411 g/mol. The number of ether oxygens (including phenoxy) is 1. The summed E-state index contributed by atoms with van der Waals surface area (Å²) in [7, 11) is 0. The number of nitrogens with one attached hydrogen (secondary N) is 2. The van der Waals surface area contributed by atoms with Crippen molar-refractivity contribution < 1.29 is 19.1 Å². The third-order valence-corrected chi connectivity index (χ3v) is 4.53. The summed E-state index contributed by atoms with van der Waals surface area (Å²) in [6.07, 6.45) is 1.94. The molecule has 2 N–H and O–H groups in total. The predicted octanol–water partition coefficient (Wildman–Crippen LogP) is 2.97. The number of benzene rings is 2. The summed E-state index contributed by atoms with van der Waals surface area (Å²) in [4.78, 5) is 37.9. The van der Waals surface area contributed by atoms with Crippen molar-refractivity contribution in [2.75, 3.05) is 18.5 Å². The topological polar surface area (TPSA) is 87.7 Å². The van der Waals surface area contributed by atoms with Crippen LogP contribution in [0, 0.1) is 0 Å². The largest absolute Gasteiger partial charge is 0.491 e. The van der Waals surface area contributed by atoms with E-state index >= 15 is 0 Å². The first-order chi connectivity index (χ1) is 14.0. The number of amides is 3. The molecule has 0 saturated carbocycles. The van der Waals surface area contributed by atoms with Gasteiger partial charge in [-0.25, -0.2) is 0 Å². The average Bonchev–Trinajstić information content (AvgIpc) is 2.94. The highest BCUT2D eigenvalue weighted by Crippen LogP contribution is 2.24. The number of imide groups is 1. The molecule has 0 unspecified atom stereocenters. The predicted molar refractivity (Wildman–Crippen MR) is 113 cm³/mol. The van der Waals surface area contributed by atoms with Gasteiger partial charge in [-0.1, -0.05) is 37.6 Å². The minimum absolute atomic E-state index is 0.0538. The Kier molecular flexibility index (Phi) is 6.56. The monoisotopic (exact) mass is 411 g/mol. The van der Waals surface area contributed by atoms with Crippen molar-refractivity contribution in [1.82, 2.24) is 10.2 Å². The number of hydrogen-bond donors (Lipinski definition) is 2. The third-order valence-electron chi connectivity index (χ3n) is 4.32. The smallest absolute Gasteiger partial charge is 0.262 e. The van der Waals surface area contributed by atoms with E-state index in [2.05, 4.69) is 17.6 Å². The summed E-state index contributed by atoms with van der Waals surface area (Å²) in [5.41, 5.74) is 1.21. The number of para-hydroxylation sites is 2. The highest BCUT2D eigenvalue weighted by Gasteiger charge is 2.36. The fourth-order valence-corrected chi connectivity index (χ4v) is 3.09. The van der Waals surface area contributed by atoms with Gasteiger partial charge in [0, 0.05) is 0 Å². The summed E-state index contributed by atoms with van der Waals surface area (Å²) in [5.74, 6) is -0.928. The van der Waals surface area contributed by atoms with Gasteiger partial charge < -0.3 is 15.4 Å². The van der Waals surface area contributed by atoms with Crippen LogP contribution in [0.5, 0.6) is 5.75 Å². The molecule has 0 saturated heterocycles. The van der Waals surface area contributed by atoms with Crippen LogP contribution in [0.4, 0.5) is 5.69 Å². The van der Waals surface area contributed by atoms with Gasteiger partial charge in [-0.15, -0.1) is 0 Å². The Labute approximate surface area is 174 Å². The molecule has 1 aliphatic heterocycles. The van der Waals surface area contributed by atoms with Crippen molar-refractivity contribution in [3.05, 3.63) is 59.7 Å². The van der Waals surface area contributed by atoms with Crippen LogP contribution in [0.2, 0.25) is 0 Å². The van der Waals surface area contributed by atoms with Crippen molar-refractivity contribution in [2.45, 2.75) is 19.8 Å². The fraction of sp³-hybridized carbons (Fsp3) is 0.238. The molecule has 0 atom stereocenters. The Morgan fingerprint density at radius 2 is 1.66 bits per heavy atom. The second kappa shape index (κ2) is 9.29. The maximum Gasteiger partial charge on any atom is 0.262 e. The Bertz CT molecular complexity index is 925. The van der Waals surface area contributed by atoms with Gasteiger partial charge in [-0.05, 0) is 42.9 Å². The normalized spacial score (nSPS) is 12.5. The first-order valence-corrected chi connectivity index (χ1v) is 9.70. The maximum absolute atomic E-state index is 12.3. The van der Waals surface area contributed by atoms with Crippen LogP contribution in [0.25, 0.3) is 0 Å². The fourth-order valence-electron chi connectivity index (χ4n) is 2.87. The highest BCUT2D eigenvalue weighted by molar-refractivity contribution is 7.80. The number of rotatable bonds is 7.